The fourth-order valence-electron chi connectivity index (χ4n) is 3.58. The van der Waals surface area contributed by atoms with Crippen LogP contribution in [0.2, 0.25) is 0 Å². The molecule has 2 atom stereocenters. The molecular formula is C22H22BrN3O6S. The fraction of sp³-hybridized carbons (Fsp3) is 0.318. The highest BCUT2D eigenvalue weighted by atomic mass is 79.9. The number of anilines is 2. The Labute approximate surface area is 202 Å². The fourth-order valence-corrected chi connectivity index (χ4v) is 4.90. The van der Waals surface area contributed by atoms with E-state index in [1.54, 1.807) is 35.2 Å². The average Bonchev–Trinajstić information content (AvgIpc) is 3.37. The van der Waals surface area contributed by atoms with Gasteiger partial charge in [0.15, 0.2) is 6.23 Å². The van der Waals surface area contributed by atoms with E-state index in [1.807, 2.05) is 12.1 Å². The molecule has 3 amide bonds. The normalized spacial score (nSPS) is 21.0. The number of hydrogen-bond acceptors (Lipinski definition) is 7. The van der Waals surface area contributed by atoms with Gasteiger partial charge in [-0.15, -0.1) is 11.3 Å². The molecule has 11 heteroatoms. The highest BCUT2D eigenvalue weighted by Crippen LogP contribution is 2.25. The zero-order chi connectivity index (χ0) is 23.4. The molecule has 1 aromatic carbocycles. The third kappa shape index (κ3) is 5.99. The number of nitrogens with one attached hydrogen (secondary N) is 1. The number of thiophene rings is 1. The summed E-state index contributed by atoms with van der Waals surface area (Å²) >= 11 is 4.86. The molecule has 2 saturated heterocycles. The van der Waals surface area contributed by atoms with Crippen LogP contribution < -0.4 is 10.2 Å². The van der Waals surface area contributed by atoms with Gasteiger partial charge in [0.1, 0.15) is 6.61 Å². The minimum atomic E-state index is -0.877. The molecule has 33 heavy (non-hydrogen) atoms. The smallest absolute Gasteiger partial charge is 0.413 e. The summed E-state index contributed by atoms with van der Waals surface area (Å²) in [6, 6.07) is 10.5. The molecule has 174 valence electrons. The number of nitrogens with zero attached hydrogens (tertiary/aromatic N) is 2. The summed E-state index contributed by atoms with van der Waals surface area (Å²) < 4.78 is 11.5. The average molecular weight is 536 g/mol. The summed E-state index contributed by atoms with van der Waals surface area (Å²) in [4.78, 5) is 40.8. The van der Waals surface area contributed by atoms with E-state index in [9.17, 15) is 19.5 Å². The molecule has 2 N–H and O–H groups in total. The van der Waals surface area contributed by atoms with Gasteiger partial charge in [0.25, 0.3) is 5.91 Å². The van der Waals surface area contributed by atoms with Gasteiger partial charge in [0.05, 0.1) is 23.0 Å². The third-order valence-corrected chi connectivity index (χ3v) is 6.74. The maximum absolute atomic E-state index is 12.6. The predicted octanol–water partition coefficient (Wildman–Crippen LogP) is 3.06. The Balaban J connectivity index is 1.34. The molecule has 0 saturated carbocycles. The van der Waals surface area contributed by atoms with Crippen molar-refractivity contribution >= 4 is 62.6 Å². The number of likely N-dealkylation sites (tertiary alicyclic amines) is 1. The van der Waals surface area contributed by atoms with Crippen molar-refractivity contribution in [1.29, 1.82) is 0 Å². The number of benzene rings is 1. The van der Waals surface area contributed by atoms with E-state index in [0.29, 0.717) is 24.5 Å². The number of aliphatic hydroxyl groups is 1. The van der Waals surface area contributed by atoms with Crippen LogP contribution in [0.5, 0.6) is 0 Å². The molecule has 2 fully saturated rings. The first kappa shape index (κ1) is 23.4. The second-order valence-corrected chi connectivity index (χ2v) is 9.98. The first-order valence-electron chi connectivity index (χ1n) is 10.3. The van der Waals surface area contributed by atoms with Gasteiger partial charge in [-0.1, -0.05) is 0 Å². The van der Waals surface area contributed by atoms with Crippen molar-refractivity contribution in [2.75, 3.05) is 36.5 Å². The number of carbonyl (C=O) groups excluding carboxylic acids is 3. The molecule has 1 aromatic heterocycles. The van der Waals surface area contributed by atoms with Gasteiger partial charge in [0, 0.05) is 35.3 Å². The number of carbonyl (C=O) groups is 3. The second-order valence-electron chi connectivity index (χ2n) is 7.49. The first-order chi connectivity index (χ1) is 15.9. The van der Waals surface area contributed by atoms with Crippen molar-refractivity contribution in [2.45, 2.75) is 18.8 Å². The van der Waals surface area contributed by atoms with Crippen LogP contribution in [0.25, 0.3) is 6.08 Å². The van der Waals surface area contributed by atoms with Gasteiger partial charge in [-0.05, 0) is 58.4 Å². The number of hydrogen-bond donors (Lipinski definition) is 2. The quantitative estimate of drug-likeness (QED) is 0.569. The van der Waals surface area contributed by atoms with Crippen LogP contribution >= 0.6 is 27.3 Å². The highest BCUT2D eigenvalue weighted by molar-refractivity contribution is 9.11. The van der Waals surface area contributed by atoms with Gasteiger partial charge in [-0.3, -0.25) is 14.9 Å². The number of rotatable bonds is 5. The first-order valence-corrected chi connectivity index (χ1v) is 11.9. The van der Waals surface area contributed by atoms with E-state index >= 15 is 0 Å². The molecular weight excluding hydrogens is 514 g/mol. The molecule has 0 bridgehead atoms. The Kier molecular flexibility index (Phi) is 7.43. The molecule has 2 aromatic rings. The summed E-state index contributed by atoms with van der Waals surface area (Å²) in [6.07, 6.45) is 0.818. The number of morpholine rings is 1. The Morgan fingerprint density at radius 3 is 2.73 bits per heavy atom. The third-order valence-electron chi connectivity index (χ3n) is 5.15. The van der Waals surface area contributed by atoms with E-state index in [2.05, 4.69) is 21.2 Å². The van der Waals surface area contributed by atoms with Crippen molar-refractivity contribution in [3.05, 3.63) is 51.1 Å². The molecule has 0 spiro atoms. The lowest BCUT2D eigenvalue weighted by molar-refractivity contribution is -0.132. The van der Waals surface area contributed by atoms with Crippen LogP contribution in [0.4, 0.5) is 16.2 Å². The summed E-state index contributed by atoms with van der Waals surface area (Å²) in [7, 11) is 0. The Morgan fingerprint density at radius 2 is 2.03 bits per heavy atom. The van der Waals surface area contributed by atoms with Crippen LogP contribution in [0.3, 0.4) is 0 Å². The van der Waals surface area contributed by atoms with Crippen LogP contribution in [-0.2, 0) is 19.1 Å². The maximum atomic E-state index is 12.6. The van der Waals surface area contributed by atoms with Crippen LogP contribution in [0, 0.1) is 0 Å². The maximum Gasteiger partial charge on any atom is 0.413 e. The minimum Gasteiger partial charge on any atom is -0.425 e. The molecule has 4 rings (SSSR count). The largest absolute Gasteiger partial charge is 0.425 e. The van der Waals surface area contributed by atoms with Gasteiger partial charge in [-0.25, -0.2) is 4.79 Å². The van der Waals surface area contributed by atoms with Crippen LogP contribution in [-0.4, -0.2) is 66.5 Å². The van der Waals surface area contributed by atoms with Gasteiger partial charge >= 0.3 is 6.09 Å². The molecule has 2 aliphatic rings. The Morgan fingerprint density at radius 1 is 1.24 bits per heavy atom. The lowest BCUT2D eigenvalue weighted by atomic mass is 10.2. The lowest BCUT2D eigenvalue weighted by Crippen LogP contribution is -2.41. The lowest BCUT2D eigenvalue weighted by Gasteiger charge is -2.27. The SMILES string of the molecule is O=C(Nc1ccc(N2CCOCC2=O)cc1)O[C@@H]1C[C@@H](O)CN1C(=O)C=Cc1ccc(Br)s1. The number of β-amino-alcohol motifs (C(OH)–C–C–N with tert-alkyl or cyclic N) is 1. The monoisotopic (exact) mass is 535 g/mol. The standard InChI is InChI=1S/C22H22BrN3O6S/c23-18-7-5-17(33-18)6-8-19(28)26-12-16(27)11-21(26)32-22(30)24-14-1-3-15(4-2-14)25-9-10-31-13-20(25)29/h1-8,16,21,27H,9-13H2,(H,24,30)/t16-,21-/m1/s1. The summed E-state index contributed by atoms with van der Waals surface area (Å²) in [5, 5.41) is 12.6. The highest BCUT2D eigenvalue weighted by Gasteiger charge is 2.36. The summed E-state index contributed by atoms with van der Waals surface area (Å²) in [6.45, 7) is 1.08. The van der Waals surface area contributed by atoms with Crippen LogP contribution in [0.1, 0.15) is 11.3 Å². The molecule has 0 radical (unpaired) electrons. The number of ether oxygens (including phenoxy) is 2. The van der Waals surface area contributed by atoms with E-state index in [0.717, 1.165) is 8.66 Å². The molecule has 2 aliphatic heterocycles. The van der Waals surface area contributed by atoms with Crippen LogP contribution in [0.15, 0.2) is 46.3 Å². The number of aliphatic hydroxyl groups excluding tert-OH is 1. The van der Waals surface area contributed by atoms with Crippen molar-refractivity contribution in [3.8, 4) is 0 Å². The van der Waals surface area contributed by atoms with Crippen molar-refractivity contribution in [3.63, 3.8) is 0 Å². The van der Waals surface area contributed by atoms with Crippen molar-refractivity contribution in [1.82, 2.24) is 4.90 Å². The second kappa shape index (κ2) is 10.5. The van der Waals surface area contributed by atoms with E-state index in [4.69, 9.17) is 9.47 Å². The van der Waals surface area contributed by atoms with Gasteiger partial charge in [-0.2, -0.15) is 0 Å². The zero-order valence-electron chi connectivity index (χ0n) is 17.5. The van der Waals surface area contributed by atoms with Crippen molar-refractivity contribution in [2.24, 2.45) is 0 Å². The van der Waals surface area contributed by atoms with E-state index in [-0.39, 0.29) is 31.4 Å². The Bertz CT molecular complexity index is 1060. The molecule has 9 nitrogen and oxygen atoms in total. The predicted molar refractivity (Wildman–Crippen MR) is 127 cm³/mol. The number of amides is 3. The topological polar surface area (TPSA) is 108 Å². The van der Waals surface area contributed by atoms with E-state index < -0.39 is 18.4 Å². The Hall–Kier alpha value is -2.73. The molecule has 0 aliphatic carbocycles. The summed E-state index contributed by atoms with van der Waals surface area (Å²) in [5.41, 5.74) is 1.19. The minimum absolute atomic E-state index is 0.0504. The summed E-state index contributed by atoms with van der Waals surface area (Å²) in [5.74, 6) is -0.472. The van der Waals surface area contributed by atoms with Gasteiger partial charge < -0.3 is 24.4 Å². The number of halogens is 1. The zero-order valence-corrected chi connectivity index (χ0v) is 19.9. The van der Waals surface area contributed by atoms with Crippen molar-refractivity contribution < 1.29 is 29.0 Å². The van der Waals surface area contributed by atoms with E-state index in [1.165, 1.54) is 22.3 Å². The molecule has 0 unspecified atom stereocenters. The van der Waals surface area contributed by atoms with Gasteiger partial charge in [0.2, 0.25) is 5.91 Å². The molecule has 3 heterocycles.